The molecule has 7 heteroatoms. The molecule has 31 heavy (non-hydrogen) atoms. The first kappa shape index (κ1) is 19.5. The molecule has 1 spiro atoms. The molecule has 3 aromatic rings. The summed E-state index contributed by atoms with van der Waals surface area (Å²) in [4.78, 5) is 4.77. The van der Waals surface area contributed by atoms with E-state index in [1.54, 1.807) is 4.68 Å². The standard InChI is InChI=1S/C24H26N4O3/c1-23(2,3)13-29-17-6-8-21-19(10-17)24(14-30-22(25)27-24)18-9-15(5-7-20(18)31-21)16-11-26-28(4)12-16/h5-12H,13-14H2,1-4H3,(H2,25,27)/t24-/m0/s1. The van der Waals surface area contributed by atoms with Gasteiger partial charge in [-0.05, 0) is 41.3 Å². The van der Waals surface area contributed by atoms with Crippen molar-refractivity contribution in [3.63, 3.8) is 0 Å². The van der Waals surface area contributed by atoms with Gasteiger partial charge in [0.25, 0.3) is 6.02 Å². The van der Waals surface area contributed by atoms with E-state index in [-0.39, 0.29) is 11.4 Å². The second-order valence-electron chi connectivity index (χ2n) is 9.32. The summed E-state index contributed by atoms with van der Waals surface area (Å²) >= 11 is 0. The molecule has 0 fully saturated rings. The summed E-state index contributed by atoms with van der Waals surface area (Å²) in [7, 11) is 1.90. The topological polar surface area (TPSA) is 83.9 Å². The van der Waals surface area contributed by atoms with Crippen molar-refractivity contribution in [2.45, 2.75) is 26.3 Å². The Hall–Kier alpha value is -3.48. The van der Waals surface area contributed by atoms with Crippen LogP contribution in [-0.2, 0) is 17.3 Å². The zero-order valence-corrected chi connectivity index (χ0v) is 18.2. The van der Waals surface area contributed by atoms with Crippen molar-refractivity contribution in [1.29, 1.82) is 0 Å². The third-order valence-corrected chi connectivity index (χ3v) is 5.48. The summed E-state index contributed by atoms with van der Waals surface area (Å²) in [6, 6.07) is 12.1. The number of rotatable bonds is 3. The van der Waals surface area contributed by atoms with Gasteiger partial charge < -0.3 is 19.9 Å². The van der Waals surface area contributed by atoms with Crippen molar-refractivity contribution in [3.8, 4) is 28.4 Å². The lowest BCUT2D eigenvalue weighted by molar-refractivity contribution is 0.197. The summed E-state index contributed by atoms with van der Waals surface area (Å²) < 4.78 is 19.8. The lowest BCUT2D eigenvalue weighted by Crippen LogP contribution is -2.31. The predicted octanol–water partition coefficient (Wildman–Crippen LogP) is 4.21. The highest BCUT2D eigenvalue weighted by molar-refractivity contribution is 5.78. The Balaban J connectivity index is 1.62. The van der Waals surface area contributed by atoms with Gasteiger partial charge in [-0.1, -0.05) is 26.8 Å². The van der Waals surface area contributed by atoms with Crippen LogP contribution in [0.4, 0.5) is 0 Å². The smallest absolute Gasteiger partial charge is 0.283 e. The molecular formula is C24H26N4O3. The number of nitrogens with two attached hydrogens (primary N) is 1. The Morgan fingerprint density at radius 2 is 1.84 bits per heavy atom. The SMILES string of the molecule is Cn1cc(-c2ccc3c(c2)[C@@]2(COC(N)=N2)c2cc(OCC(C)(C)C)ccc2O3)cn1. The van der Waals surface area contributed by atoms with Crippen molar-refractivity contribution in [2.75, 3.05) is 13.2 Å². The van der Waals surface area contributed by atoms with Crippen LogP contribution in [0.15, 0.2) is 53.8 Å². The Morgan fingerprint density at radius 3 is 2.48 bits per heavy atom. The van der Waals surface area contributed by atoms with Crippen LogP contribution >= 0.6 is 0 Å². The van der Waals surface area contributed by atoms with Gasteiger partial charge in [0.1, 0.15) is 23.9 Å². The molecule has 2 aliphatic heterocycles. The summed E-state index contributed by atoms with van der Waals surface area (Å²) in [5.74, 6) is 2.24. The summed E-state index contributed by atoms with van der Waals surface area (Å²) in [6.45, 7) is 7.33. The minimum Gasteiger partial charge on any atom is -0.493 e. The van der Waals surface area contributed by atoms with E-state index in [1.165, 1.54) is 0 Å². The summed E-state index contributed by atoms with van der Waals surface area (Å²) in [6.07, 6.45) is 3.82. The van der Waals surface area contributed by atoms with Crippen LogP contribution in [0, 0.1) is 5.41 Å². The molecule has 0 amide bonds. The van der Waals surface area contributed by atoms with E-state index < -0.39 is 5.54 Å². The van der Waals surface area contributed by atoms with E-state index in [0.717, 1.165) is 39.5 Å². The summed E-state index contributed by atoms with van der Waals surface area (Å²) in [5.41, 5.74) is 9.11. The number of nitrogens with zero attached hydrogens (tertiary/aromatic N) is 3. The van der Waals surface area contributed by atoms with E-state index in [9.17, 15) is 0 Å². The van der Waals surface area contributed by atoms with Gasteiger partial charge in [-0.25, -0.2) is 4.99 Å². The monoisotopic (exact) mass is 418 g/mol. The molecule has 2 N–H and O–H groups in total. The fraction of sp³-hybridized carbons (Fsp3) is 0.333. The maximum atomic E-state index is 6.25. The highest BCUT2D eigenvalue weighted by Gasteiger charge is 2.47. The normalized spacial score (nSPS) is 19.3. The van der Waals surface area contributed by atoms with Crippen molar-refractivity contribution in [2.24, 2.45) is 23.2 Å². The van der Waals surface area contributed by atoms with Crippen LogP contribution in [0.3, 0.4) is 0 Å². The maximum absolute atomic E-state index is 6.25. The highest BCUT2D eigenvalue weighted by Crippen LogP contribution is 2.52. The van der Waals surface area contributed by atoms with E-state index in [2.05, 4.69) is 31.9 Å². The zero-order chi connectivity index (χ0) is 21.8. The molecule has 0 unspecified atom stereocenters. The maximum Gasteiger partial charge on any atom is 0.283 e. The highest BCUT2D eigenvalue weighted by atomic mass is 16.5. The van der Waals surface area contributed by atoms with Gasteiger partial charge in [0, 0.05) is 29.9 Å². The number of aryl methyl sites for hydroxylation is 1. The second-order valence-corrected chi connectivity index (χ2v) is 9.32. The molecule has 0 saturated heterocycles. The predicted molar refractivity (Wildman–Crippen MR) is 118 cm³/mol. The van der Waals surface area contributed by atoms with E-state index >= 15 is 0 Å². The number of hydrogen-bond donors (Lipinski definition) is 1. The lowest BCUT2D eigenvalue weighted by Gasteiger charge is -2.34. The van der Waals surface area contributed by atoms with E-state index in [4.69, 9.17) is 24.9 Å². The van der Waals surface area contributed by atoms with Gasteiger partial charge in [0.2, 0.25) is 0 Å². The second kappa shape index (κ2) is 6.77. The molecule has 2 aromatic carbocycles. The molecule has 1 atom stereocenters. The van der Waals surface area contributed by atoms with Crippen LogP contribution in [0.2, 0.25) is 0 Å². The van der Waals surface area contributed by atoms with Crippen molar-refractivity contribution >= 4 is 6.02 Å². The van der Waals surface area contributed by atoms with Gasteiger partial charge in [-0.3, -0.25) is 4.68 Å². The third kappa shape index (κ3) is 3.40. The average molecular weight is 418 g/mol. The number of aromatic nitrogens is 2. The first-order valence-corrected chi connectivity index (χ1v) is 10.3. The molecule has 0 radical (unpaired) electrons. The van der Waals surface area contributed by atoms with Crippen molar-refractivity contribution < 1.29 is 14.2 Å². The van der Waals surface area contributed by atoms with Gasteiger partial charge in [-0.15, -0.1) is 0 Å². The van der Waals surface area contributed by atoms with Gasteiger partial charge in [0.05, 0.1) is 12.8 Å². The van der Waals surface area contributed by atoms with Gasteiger partial charge in [0.15, 0.2) is 5.54 Å². The fourth-order valence-electron chi connectivity index (χ4n) is 3.97. The number of hydrogen-bond acceptors (Lipinski definition) is 6. The Kier molecular flexibility index (Phi) is 4.25. The molecule has 160 valence electrons. The van der Waals surface area contributed by atoms with E-state index in [0.29, 0.717) is 13.2 Å². The summed E-state index contributed by atoms with van der Waals surface area (Å²) in [5, 5.41) is 4.29. The first-order valence-electron chi connectivity index (χ1n) is 10.3. The molecule has 3 heterocycles. The zero-order valence-electron chi connectivity index (χ0n) is 18.2. The average Bonchev–Trinajstić information content (AvgIpc) is 3.33. The lowest BCUT2D eigenvalue weighted by atomic mass is 9.80. The molecular weight excluding hydrogens is 392 g/mol. The Bertz CT molecular complexity index is 1190. The molecule has 5 rings (SSSR count). The quantitative estimate of drug-likeness (QED) is 0.689. The number of amidine groups is 1. The largest absolute Gasteiger partial charge is 0.493 e. The Morgan fingerprint density at radius 1 is 1.10 bits per heavy atom. The molecule has 7 nitrogen and oxygen atoms in total. The van der Waals surface area contributed by atoms with Crippen molar-refractivity contribution in [3.05, 3.63) is 59.9 Å². The van der Waals surface area contributed by atoms with Crippen LogP contribution in [-0.4, -0.2) is 29.0 Å². The number of benzene rings is 2. The number of fused-ring (bicyclic) bond motifs is 4. The molecule has 1 aromatic heterocycles. The van der Waals surface area contributed by atoms with Crippen LogP contribution in [0.1, 0.15) is 31.9 Å². The fourth-order valence-corrected chi connectivity index (χ4v) is 3.97. The molecule has 0 saturated carbocycles. The van der Waals surface area contributed by atoms with Crippen LogP contribution < -0.4 is 15.2 Å². The third-order valence-electron chi connectivity index (χ3n) is 5.48. The molecule has 2 aliphatic rings. The van der Waals surface area contributed by atoms with Gasteiger partial charge in [-0.2, -0.15) is 5.10 Å². The number of ether oxygens (including phenoxy) is 3. The van der Waals surface area contributed by atoms with Crippen LogP contribution in [0.25, 0.3) is 11.1 Å². The number of aliphatic imine (C=N–C) groups is 1. The van der Waals surface area contributed by atoms with Gasteiger partial charge >= 0.3 is 0 Å². The molecule has 0 bridgehead atoms. The van der Waals surface area contributed by atoms with E-state index in [1.807, 2.05) is 49.8 Å². The minimum absolute atomic E-state index is 0.0500. The Labute approximate surface area is 181 Å². The van der Waals surface area contributed by atoms with Crippen LogP contribution in [0.5, 0.6) is 17.2 Å². The van der Waals surface area contributed by atoms with Crippen molar-refractivity contribution in [1.82, 2.24) is 9.78 Å². The minimum atomic E-state index is -0.785. The first-order chi connectivity index (χ1) is 14.7. The molecule has 0 aliphatic carbocycles.